The largest absolute Gasteiger partial charge is 0.506 e. The van der Waals surface area contributed by atoms with Gasteiger partial charge in [0.15, 0.2) is 0 Å². The van der Waals surface area contributed by atoms with Crippen molar-refractivity contribution in [3.05, 3.63) is 47.1 Å². The molecule has 23 heavy (non-hydrogen) atoms. The van der Waals surface area contributed by atoms with Gasteiger partial charge in [-0.2, -0.15) is 11.8 Å². The number of halogens is 1. The molecule has 1 aliphatic heterocycles. The summed E-state index contributed by atoms with van der Waals surface area (Å²) < 4.78 is 5.84. The number of ether oxygens (including phenoxy) is 1. The molecule has 0 spiro atoms. The first-order chi connectivity index (χ1) is 11.1. The fourth-order valence-electron chi connectivity index (χ4n) is 2.22. The Morgan fingerprint density at radius 3 is 3.09 bits per heavy atom. The highest BCUT2D eigenvalue weighted by Gasteiger charge is 2.21. The van der Waals surface area contributed by atoms with E-state index in [0.717, 1.165) is 17.9 Å². The van der Waals surface area contributed by atoms with Gasteiger partial charge in [0.2, 0.25) is 5.88 Å². The lowest BCUT2D eigenvalue weighted by Gasteiger charge is -2.15. The first-order valence-electron chi connectivity index (χ1n) is 7.13. The number of thioether (sulfide) groups is 1. The van der Waals surface area contributed by atoms with Crippen molar-refractivity contribution in [3.63, 3.8) is 0 Å². The summed E-state index contributed by atoms with van der Waals surface area (Å²) in [7, 11) is 0. The van der Waals surface area contributed by atoms with E-state index in [1.807, 2.05) is 11.8 Å². The van der Waals surface area contributed by atoms with Gasteiger partial charge >= 0.3 is 0 Å². The topological polar surface area (TPSA) is 71.5 Å². The van der Waals surface area contributed by atoms with Gasteiger partial charge in [0.05, 0.1) is 5.69 Å². The number of aromatic hydroxyl groups is 1. The molecule has 0 saturated carbocycles. The number of anilines is 1. The molecule has 3 rings (SSSR count). The number of phenols is 1. The van der Waals surface area contributed by atoms with Crippen LogP contribution in [0.3, 0.4) is 0 Å². The molecular weight excluding hydrogens is 336 g/mol. The van der Waals surface area contributed by atoms with Crippen LogP contribution >= 0.6 is 23.4 Å². The van der Waals surface area contributed by atoms with Crippen LogP contribution in [0.2, 0.25) is 5.02 Å². The van der Waals surface area contributed by atoms with Crippen LogP contribution in [0.15, 0.2) is 36.5 Å². The van der Waals surface area contributed by atoms with Gasteiger partial charge in [-0.15, -0.1) is 0 Å². The van der Waals surface area contributed by atoms with E-state index in [1.165, 1.54) is 12.1 Å². The van der Waals surface area contributed by atoms with E-state index in [9.17, 15) is 9.90 Å². The Bertz CT molecular complexity index is 720. The van der Waals surface area contributed by atoms with Crippen molar-refractivity contribution in [1.29, 1.82) is 0 Å². The Morgan fingerprint density at radius 1 is 1.43 bits per heavy atom. The first kappa shape index (κ1) is 16.0. The highest BCUT2D eigenvalue weighted by Crippen LogP contribution is 2.28. The Kier molecular flexibility index (Phi) is 4.93. The summed E-state index contributed by atoms with van der Waals surface area (Å²) in [6.07, 6.45) is 2.60. The monoisotopic (exact) mass is 350 g/mol. The lowest BCUT2D eigenvalue weighted by Crippen LogP contribution is -2.20. The van der Waals surface area contributed by atoms with Gasteiger partial charge < -0.3 is 15.2 Å². The predicted octanol–water partition coefficient (Wildman–Crippen LogP) is 3.58. The standard InChI is InChI=1S/C16H15ClN2O3S/c17-10-3-4-14(20)13(8-10)19-15(21)12-2-1-6-18-16(12)22-11-5-7-23-9-11/h1-4,6,8,11,20H,5,7,9H2,(H,19,21). The highest BCUT2D eigenvalue weighted by molar-refractivity contribution is 7.99. The summed E-state index contributed by atoms with van der Waals surface area (Å²) in [6.45, 7) is 0. The maximum atomic E-state index is 12.5. The molecule has 0 aliphatic carbocycles. The number of pyridine rings is 1. The van der Waals surface area contributed by atoms with Gasteiger partial charge in [0.25, 0.3) is 5.91 Å². The number of hydrogen-bond donors (Lipinski definition) is 2. The number of phenolic OH excluding ortho intramolecular Hbond substituents is 1. The van der Waals surface area contributed by atoms with Crippen LogP contribution in [0.1, 0.15) is 16.8 Å². The number of rotatable bonds is 4. The van der Waals surface area contributed by atoms with Gasteiger partial charge in [-0.05, 0) is 42.5 Å². The number of benzene rings is 1. The molecule has 1 aromatic carbocycles. The highest BCUT2D eigenvalue weighted by atomic mass is 35.5. The van der Waals surface area contributed by atoms with Crippen molar-refractivity contribution in [2.75, 3.05) is 16.8 Å². The molecule has 1 unspecified atom stereocenters. The molecule has 1 amide bonds. The van der Waals surface area contributed by atoms with Crippen LogP contribution in [0.5, 0.6) is 11.6 Å². The van der Waals surface area contributed by atoms with E-state index in [4.69, 9.17) is 16.3 Å². The van der Waals surface area contributed by atoms with E-state index in [2.05, 4.69) is 10.3 Å². The normalized spacial score (nSPS) is 17.0. The molecule has 0 bridgehead atoms. The first-order valence-corrected chi connectivity index (χ1v) is 8.66. The van der Waals surface area contributed by atoms with Gasteiger partial charge in [-0.1, -0.05) is 11.6 Å². The molecule has 2 N–H and O–H groups in total. The number of nitrogens with zero attached hydrogens (tertiary/aromatic N) is 1. The minimum absolute atomic E-state index is 0.0544. The molecule has 0 radical (unpaired) electrons. The van der Waals surface area contributed by atoms with Crippen LogP contribution in [-0.4, -0.2) is 33.6 Å². The fraction of sp³-hybridized carbons (Fsp3) is 0.250. The molecule has 120 valence electrons. The molecule has 2 heterocycles. The molecule has 1 atom stereocenters. The van der Waals surface area contributed by atoms with Crippen molar-refractivity contribution >= 4 is 35.0 Å². The Labute approximate surface area is 143 Å². The Balaban J connectivity index is 1.80. The maximum absolute atomic E-state index is 12.5. The van der Waals surface area contributed by atoms with Crippen LogP contribution in [-0.2, 0) is 0 Å². The van der Waals surface area contributed by atoms with Crippen LogP contribution in [0.25, 0.3) is 0 Å². The lowest BCUT2D eigenvalue weighted by molar-refractivity contribution is 0.101. The van der Waals surface area contributed by atoms with Crippen LogP contribution in [0, 0.1) is 0 Å². The molecule has 1 aliphatic rings. The summed E-state index contributed by atoms with van der Waals surface area (Å²) >= 11 is 7.71. The summed E-state index contributed by atoms with van der Waals surface area (Å²) in [6, 6.07) is 7.76. The second-order valence-corrected chi connectivity index (χ2v) is 6.66. The van der Waals surface area contributed by atoms with Crippen LogP contribution < -0.4 is 10.1 Å². The van der Waals surface area contributed by atoms with Crippen molar-refractivity contribution in [3.8, 4) is 11.6 Å². The predicted molar refractivity (Wildman–Crippen MR) is 91.7 cm³/mol. The third-order valence-corrected chi connectivity index (χ3v) is 4.76. The molecule has 2 aromatic rings. The van der Waals surface area contributed by atoms with Crippen molar-refractivity contribution in [2.24, 2.45) is 0 Å². The quantitative estimate of drug-likeness (QED) is 0.825. The van der Waals surface area contributed by atoms with Gasteiger partial charge in [0.1, 0.15) is 17.4 Å². The number of carbonyl (C=O) groups is 1. The molecule has 5 nitrogen and oxygen atoms in total. The zero-order valence-corrected chi connectivity index (χ0v) is 13.7. The fourth-order valence-corrected chi connectivity index (χ4v) is 3.49. The molecule has 1 fully saturated rings. The van der Waals surface area contributed by atoms with Crippen molar-refractivity contribution in [2.45, 2.75) is 12.5 Å². The van der Waals surface area contributed by atoms with Crippen molar-refractivity contribution in [1.82, 2.24) is 4.98 Å². The number of nitrogens with one attached hydrogen (secondary N) is 1. The van der Waals surface area contributed by atoms with Crippen LogP contribution in [0.4, 0.5) is 5.69 Å². The minimum atomic E-state index is -0.406. The minimum Gasteiger partial charge on any atom is -0.506 e. The number of hydrogen-bond acceptors (Lipinski definition) is 5. The van der Waals surface area contributed by atoms with Crippen molar-refractivity contribution < 1.29 is 14.6 Å². The maximum Gasteiger partial charge on any atom is 0.261 e. The molecule has 1 saturated heterocycles. The van der Waals surface area contributed by atoms with Gasteiger partial charge in [-0.3, -0.25) is 4.79 Å². The van der Waals surface area contributed by atoms with E-state index in [-0.39, 0.29) is 17.5 Å². The zero-order valence-electron chi connectivity index (χ0n) is 12.2. The summed E-state index contributed by atoms with van der Waals surface area (Å²) in [5.74, 6) is 1.79. The summed E-state index contributed by atoms with van der Waals surface area (Å²) in [5.41, 5.74) is 0.567. The summed E-state index contributed by atoms with van der Waals surface area (Å²) in [5, 5.41) is 12.9. The van der Waals surface area contributed by atoms with E-state index < -0.39 is 5.91 Å². The van der Waals surface area contributed by atoms with E-state index >= 15 is 0 Å². The van der Waals surface area contributed by atoms with Gasteiger partial charge in [0, 0.05) is 17.0 Å². The average Bonchev–Trinajstić information content (AvgIpc) is 3.04. The number of aromatic nitrogens is 1. The lowest BCUT2D eigenvalue weighted by atomic mass is 10.2. The molecule has 1 aromatic heterocycles. The Morgan fingerprint density at radius 2 is 2.30 bits per heavy atom. The molecular formula is C16H15ClN2O3S. The SMILES string of the molecule is O=C(Nc1cc(Cl)ccc1O)c1cccnc1OC1CCSC1. The number of carbonyl (C=O) groups excluding carboxylic acids is 1. The second-order valence-electron chi connectivity index (χ2n) is 5.08. The van der Waals surface area contributed by atoms with Gasteiger partial charge in [-0.25, -0.2) is 4.98 Å². The van der Waals surface area contributed by atoms with E-state index in [1.54, 1.807) is 24.4 Å². The summed E-state index contributed by atoms with van der Waals surface area (Å²) in [4.78, 5) is 16.6. The number of amides is 1. The smallest absolute Gasteiger partial charge is 0.261 e. The average molecular weight is 351 g/mol. The second kappa shape index (κ2) is 7.10. The third kappa shape index (κ3) is 3.89. The Hall–Kier alpha value is -1.92. The molecule has 7 heteroatoms. The zero-order chi connectivity index (χ0) is 16.2. The van der Waals surface area contributed by atoms with E-state index in [0.29, 0.717) is 16.5 Å². The third-order valence-electron chi connectivity index (χ3n) is 3.39.